The number of aryl methyl sites for hydroxylation is 1. The Morgan fingerprint density at radius 3 is 2.26 bits per heavy atom. The molecule has 0 saturated heterocycles. The van der Waals surface area contributed by atoms with Gasteiger partial charge in [0.2, 0.25) is 5.91 Å². The molecule has 0 aliphatic heterocycles. The molecule has 0 fully saturated rings. The predicted octanol–water partition coefficient (Wildman–Crippen LogP) is 4.19. The number of carbonyl (C=O) groups is 2. The first-order chi connectivity index (χ1) is 18.5. The van der Waals surface area contributed by atoms with Crippen molar-refractivity contribution in [1.29, 1.82) is 0 Å². The van der Waals surface area contributed by atoms with E-state index in [1.165, 1.54) is 11.8 Å². The number of aromatic nitrogens is 3. The normalized spacial score (nSPS) is 10.6. The zero-order valence-electron chi connectivity index (χ0n) is 20.6. The van der Waals surface area contributed by atoms with Crippen LogP contribution in [0.2, 0.25) is 5.02 Å². The minimum absolute atomic E-state index is 0.0179. The fraction of sp³-hybridized carbons (Fsp3) is 0.185. The Morgan fingerprint density at radius 2 is 1.53 bits per heavy atom. The summed E-state index contributed by atoms with van der Waals surface area (Å²) in [5, 5.41) is 9.70. The molecule has 0 radical (unpaired) electrons. The number of ether oxygens (including phenoxy) is 2. The maximum Gasteiger partial charge on any atom is 0.276 e. The van der Waals surface area contributed by atoms with Crippen molar-refractivity contribution < 1.29 is 19.1 Å². The van der Waals surface area contributed by atoms with E-state index < -0.39 is 11.8 Å². The SMILES string of the molecule is Cc1ccc(OCc2nnc(SCC(=O)NNC(=O)COc3ccc(Cl)cc3)n2Cc2ccccc2)cc1. The highest BCUT2D eigenvalue weighted by Gasteiger charge is 2.16. The van der Waals surface area contributed by atoms with Gasteiger partial charge >= 0.3 is 0 Å². The summed E-state index contributed by atoms with van der Waals surface area (Å²) >= 11 is 7.04. The fourth-order valence-electron chi connectivity index (χ4n) is 3.26. The van der Waals surface area contributed by atoms with Crippen LogP contribution in [0.5, 0.6) is 11.5 Å². The molecule has 2 amide bonds. The molecule has 38 heavy (non-hydrogen) atoms. The van der Waals surface area contributed by atoms with Crippen molar-refractivity contribution in [1.82, 2.24) is 25.6 Å². The van der Waals surface area contributed by atoms with E-state index in [9.17, 15) is 9.59 Å². The number of nitrogens with one attached hydrogen (secondary N) is 2. The van der Waals surface area contributed by atoms with Gasteiger partial charge in [-0.05, 0) is 48.9 Å². The van der Waals surface area contributed by atoms with Crippen molar-refractivity contribution in [2.75, 3.05) is 12.4 Å². The number of carbonyl (C=O) groups excluding carboxylic acids is 2. The molecule has 1 aromatic heterocycles. The number of hydrazine groups is 1. The van der Waals surface area contributed by atoms with E-state index in [0.717, 1.165) is 16.9 Å². The van der Waals surface area contributed by atoms with Gasteiger partial charge in [0.15, 0.2) is 17.6 Å². The first-order valence-corrected chi connectivity index (χ1v) is 13.1. The molecule has 11 heteroatoms. The summed E-state index contributed by atoms with van der Waals surface area (Å²) < 4.78 is 13.2. The largest absolute Gasteiger partial charge is 0.486 e. The standard InChI is InChI=1S/C27H26ClN5O4S/c1-19-7-11-22(12-8-19)36-16-24-29-32-27(33(24)15-20-5-3-2-4-6-20)38-18-26(35)31-30-25(34)17-37-23-13-9-21(28)10-14-23/h2-14H,15-18H2,1H3,(H,30,34)(H,31,35). The number of nitrogens with zero attached hydrogens (tertiary/aromatic N) is 3. The second kappa shape index (κ2) is 13.5. The summed E-state index contributed by atoms with van der Waals surface area (Å²) in [6.45, 7) is 2.49. The Bertz CT molecular complexity index is 1350. The molecule has 4 aromatic rings. The zero-order chi connectivity index (χ0) is 26.7. The van der Waals surface area contributed by atoms with E-state index in [1.54, 1.807) is 24.3 Å². The number of hydrogen-bond acceptors (Lipinski definition) is 7. The average molecular weight is 552 g/mol. The number of benzene rings is 3. The minimum Gasteiger partial charge on any atom is -0.486 e. The van der Waals surface area contributed by atoms with Gasteiger partial charge in [0.05, 0.1) is 12.3 Å². The van der Waals surface area contributed by atoms with Crippen molar-refractivity contribution in [3.63, 3.8) is 0 Å². The van der Waals surface area contributed by atoms with E-state index in [1.807, 2.05) is 66.1 Å². The van der Waals surface area contributed by atoms with Crippen LogP contribution < -0.4 is 20.3 Å². The van der Waals surface area contributed by atoms with Gasteiger partial charge in [-0.2, -0.15) is 0 Å². The second-order valence-electron chi connectivity index (χ2n) is 8.20. The van der Waals surface area contributed by atoms with Crippen LogP contribution in [-0.4, -0.2) is 38.9 Å². The van der Waals surface area contributed by atoms with Gasteiger partial charge in [-0.1, -0.05) is 71.4 Å². The van der Waals surface area contributed by atoms with Gasteiger partial charge in [0.1, 0.15) is 18.1 Å². The monoisotopic (exact) mass is 551 g/mol. The molecule has 0 spiro atoms. The topological polar surface area (TPSA) is 107 Å². The van der Waals surface area contributed by atoms with Gasteiger partial charge in [-0.25, -0.2) is 0 Å². The molecule has 9 nitrogen and oxygen atoms in total. The number of hydrogen-bond donors (Lipinski definition) is 2. The Labute approximate surface area is 229 Å². The third-order valence-corrected chi connectivity index (χ3v) is 6.44. The Morgan fingerprint density at radius 1 is 0.868 bits per heavy atom. The highest BCUT2D eigenvalue weighted by atomic mass is 35.5. The van der Waals surface area contributed by atoms with Crippen LogP contribution >= 0.6 is 23.4 Å². The smallest absolute Gasteiger partial charge is 0.276 e. The molecule has 0 bridgehead atoms. The van der Waals surface area contributed by atoms with Gasteiger partial charge < -0.3 is 9.47 Å². The maximum absolute atomic E-state index is 12.4. The lowest BCUT2D eigenvalue weighted by molar-refractivity contribution is -0.128. The van der Waals surface area contributed by atoms with Crippen molar-refractivity contribution >= 4 is 35.2 Å². The van der Waals surface area contributed by atoms with E-state index >= 15 is 0 Å². The molecule has 2 N–H and O–H groups in total. The molecular weight excluding hydrogens is 526 g/mol. The lowest BCUT2D eigenvalue weighted by Gasteiger charge is -2.12. The summed E-state index contributed by atoms with van der Waals surface area (Å²) in [6, 6.07) is 24.3. The molecule has 4 rings (SSSR count). The number of rotatable bonds is 11. The quantitative estimate of drug-likeness (QED) is 0.213. The van der Waals surface area contributed by atoms with Crippen LogP contribution in [0.4, 0.5) is 0 Å². The van der Waals surface area contributed by atoms with E-state index in [2.05, 4.69) is 21.0 Å². The minimum atomic E-state index is -0.499. The van der Waals surface area contributed by atoms with Gasteiger partial charge in [-0.3, -0.25) is 25.0 Å². The lowest BCUT2D eigenvalue weighted by atomic mass is 10.2. The summed E-state index contributed by atoms with van der Waals surface area (Å²) in [7, 11) is 0. The fourth-order valence-corrected chi connectivity index (χ4v) is 4.14. The summed E-state index contributed by atoms with van der Waals surface area (Å²) in [4.78, 5) is 24.4. The summed E-state index contributed by atoms with van der Waals surface area (Å²) in [5.41, 5.74) is 6.92. The van der Waals surface area contributed by atoms with Crippen LogP contribution in [0.25, 0.3) is 0 Å². The van der Waals surface area contributed by atoms with E-state index in [-0.39, 0.29) is 19.0 Å². The van der Waals surface area contributed by atoms with Crippen molar-refractivity contribution in [2.45, 2.75) is 25.2 Å². The zero-order valence-corrected chi connectivity index (χ0v) is 22.2. The molecule has 0 aliphatic rings. The highest BCUT2D eigenvalue weighted by Crippen LogP contribution is 2.20. The highest BCUT2D eigenvalue weighted by molar-refractivity contribution is 7.99. The molecular formula is C27H26ClN5O4S. The first kappa shape index (κ1) is 27.0. The van der Waals surface area contributed by atoms with Crippen molar-refractivity contribution in [3.8, 4) is 11.5 Å². The Kier molecular flexibility index (Phi) is 9.60. The van der Waals surface area contributed by atoms with Crippen molar-refractivity contribution in [2.24, 2.45) is 0 Å². The van der Waals surface area contributed by atoms with Gasteiger partial charge in [0.25, 0.3) is 5.91 Å². The van der Waals surface area contributed by atoms with Crippen LogP contribution in [0, 0.1) is 6.92 Å². The van der Waals surface area contributed by atoms with Crippen LogP contribution in [0.1, 0.15) is 17.0 Å². The Balaban J connectivity index is 1.31. The Hall–Kier alpha value is -4.02. The van der Waals surface area contributed by atoms with Crippen LogP contribution in [0.3, 0.4) is 0 Å². The number of thioether (sulfide) groups is 1. The van der Waals surface area contributed by atoms with Crippen LogP contribution in [0.15, 0.2) is 84.0 Å². The third kappa shape index (κ3) is 8.25. The molecule has 0 atom stereocenters. The number of halogens is 1. The van der Waals surface area contributed by atoms with E-state index in [4.69, 9.17) is 21.1 Å². The first-order valence-electron chi connectivity index (χ1n) is 11.7. The van der Waals surface area contributed by atoms with Gasteiger partial charge in [-0.15, -0.1) is 10.2 Å². The number of amides is 2. The summed E-state index contributed by atoms with van der Waals surface area (Å²) in [5.74, 6) is 0.970. The average Bonchev–Trinajstić information content (AvgIpc) is 3.31. The van der Waals surface area contributed by atoms with Gasteiger partial charge in [0, 0.05) is 5.02 Å². The van der Waals surface area contributed by atoms with Crippen molar-refractivity contribution in [3.05, 3.63) is 101 Å². The molecule has 196 valence electrons. The predicted molar refractivity (Wildman–Crippen MR) is 145 cm³/mol. The molecule has 1 heterocycles. The van der Waals surface area contributed by atoms with E-state index in [0.29, 0.717) is 28.3 Å². The molecule has 0 aliphatic carbocycles. The maximum atomic E-state index is 12.4. The third-order valence-electron chi connectivity index (χ3n) is 5.22. The second-order valence-corrected chi connectivity index (χ2v) is 9.58. The molecule has 3 aromatic carbocycles. The molecule has 0 saturated carbocycles. The van der Waals surface area contributed by atoms with Crippen LogP contribution in [-0.2, 0) is 22.7 Å². The summed E-state index contributed by atoms with van der Waals surface area (Å²) in [6.07, 6.45) is 0. The molecule has 0 unspecified atom stereocenters. The lowest BCUT2D eigenvalue weighted by Crippen LogP contribution is -2.44.